The molecule has 0 N–H and O–H groups in total. The second-order valence-corrected chi connectivity index (χ2v) is 8.59. The number of hydrogen-bond acceptors (Lipinski definition) is 6. The third-order valence-corrected chi connectivity index (χ3v) is 6.35. The standard InChI is InChI=1S/C23H29N9O/c1-5-31-15-20(17(3)27-31)21-6-7-24-22-19(12-25-32(21)22)23(33)30-10-8-29(9-11-30)14-18-13-28(4)26-16(18)2/h6-7,12-13,15H,5,8-11,14H2,1-4H3. The molecule has 0 bridgehead atoms. The minimum absolute atomic E-state index is 0.0205. The molecule has 5 rings (SSSR count). The average molecular weight is 448 g/mol. The van der Waals surface area contributed by atoms with Gasteiger partial charge in [-0.3, -0.25) is 19.1 Å². The van der Waals surface area contributed by atoms with E-state index in [1.54, 1.807) is 16.9 Å². The first-order valence-electron chi connectivity index (χ1n) is 11.3. The van der Waals surface area contributed by atoms with Crippen LogP contribution in [-0.2, 0) is 20.1 Å². The molecule has 4 aromatic heterocycles. The third-order valence-electron chi connectivity index (χ3n) is 6.35. The number of aryl methyl sites for hydroxylation is 4. The molecular formula is C23H29N9O. The van der Waals surface area contributed by atoms with Gasteiger partial charge in [0.15, 0.2) is 5.65 Å². The average Bonchev–Trinajstić information content (AvgIpc) is 3.50. The van der Waals surface area contributed by atoms with Crippen LogP contribution in [0.1, 0.15) is 34.2 Å². The molecule has 33 heavy (non-hydrogen) atoms. The van der Waals surface area contributed by atoms with E-state index in [2.05, 4.69) is 38.3 Å². The topological polar surface area (TPSA) is 89.4 Å². The van der Waals surface area contributed by atoms with Crippen LogP contribution in [0.2, 0.25) is 0 Å². The normalized spacial score (nSPS) is 15.0. The highest BCUT2D eigenvalue weighted by Crippen LogP contribution is 2.24. The summed E-state index contributed by atoms with van der Waals surface area (Å²) in [5, 5.41) is 13.5. The van der Waals surface area contributed by atoms with E-state index in [0.717, 1.165) is 48.8 Å². The molecule has 0 spiro atoms. The van der Waals surface area contributed by atoms with Gasteiger partial charge in [-0.2, -0.15) is 15.3 Å². The van der Waals surface area contributed by atoms with E-state index in [4.69, 9.17) is 0 Å². The fourth-order valence-corrected chi connectivity index (χ4v) is 4.50. The Morgan fingerprint density at radius 2 is 1.85 bits per heavy atom. The van der Waals surface area contributed by atoms with Gasteiger partial charge in [-0.05, 0) is 26.8 Å². The van der Waals surface area contributed by atoms with Gasteiger partial charge in [-0.1, -0.05) is 0 Å². The molecule has 1 saturated heterocycles. The molecule has 172 valence electrons. The molecule has 5 heterocycles. The van der Waals surface area contributed by atoms with Crippen LogP contribution in [0.3, 0.4) is 0 Å². The quantitative estimate of drug-likeness (QED) is 0.464. The summed E-state index contributed by atoms with van der Waals surface area (Å²) in [5.41, 5.74) is 6.21. The molecule has 0 unspecified atom stereocenters. The summed E-state index contributed by atoms with van der Waals surface area (Å²) in [6.07, 6.45) is 7.46. The number of fused-ring (bicyclic) bond motifs is 1. The molecule has 0 atom stereocenters. The number of nitrogens with zero attached hydrogens (tertiary/aromatic N) is 9. The van der Waals surface area contributed by atoms with Crippen molar-refractivity contribution in [2.45, 2.75) is 33.9 Å². The predicted octanol–water partition coefficient (Wildman–Crippen LogP) is 1.92. The van der Waals surface area contributed by atoms with Gasteiger partial charge in [-0.15, -0.1) is 0 Å². The van der Waals surface area contributed by atoms with Crippen molar-refractivity contribution in [2.24, 2.45) is 7.05 Å². The number of amides is 1. The van der Waals surface area contributed by atoms with E-state index in [9.17, 15) is 4.79 Å². The van der Waals surface area contributed by atoms with Crippen LogP contribution in [0.4, 0.5) is 0 Å². The second kappa shape index (κ2) is 8.43. The van der Waals surface area contributed by atoms with E-state index < -0.39 is 0 Å². The van der Waals surface area contributed by atoms with Crippen molar-refractivity contribution < 1.29 is 4.79 Å². The number of rotatable bonds is 5. The van der Waals surface area contributed by atoms with Gasteiger partial charge in [0, 0.05) is 76.0 Å². The summed E-state index contributed by atoms with van der Waals surface area (Å²) >= 11 is 0. The molecular weight excluding hydrogens is 418 g/mol. The zero-order valence-electron chi connectivity index (χ0n) is 19.6. The molecule has 10 heteroatoms. The summed E-state index contributed by atoms with van der Waals surface area (Å²) in [6.45, 7) is 10.7. The van der Waals surface area contributed by atoms with Crippen molar-refractivity contribution in [1.29, 1.82) is 0 Å². The van der Waals surface area contributed by atoms with Gasteiger partial charge in [-0.25, -0.2) is 9.50 Å². The summed E-state index contributed by atoms with van der Waals surface area (Å²) < 4.78 is 5.50. The van der Waals surface area contributed by atoms with E-state index in [1.165, 1.54) is 5.56 Å². The Balaban J connectivity index is 1.33. The van der Waals surface area contributed by atoms with Crippen LogP contribution in [0.15, 0.2) is 30.9 Å². The first-order valence-corrected chi connectivity index (χ1v) is 11.3. The Bertz CT molecular complexity index is 1310. The Morgan fingerprint density at radius 3 is 2.52 bits per heavy atom. The fourth-order valence-electron chi connectivity index (χ4n) is 4.50. The van der Waals surface area contributed by atoms with Gasteiger partial charge >= 0.3 is 0 Å². The summed E-state index contributed by atoms with van der Waals surface area (Å²) in [4.78, 5) is 22.1. The SMILES string of the molecule is CCn1cc(-c2ccnc3c(C(=O)N4CCN(Cc5cn(C)nc5C)CC4)cnn23)c(C)n1. The molecule has 1 amide bonds. The summed E-state index contributed by atoms with van der Waals surface area (Å²) in [6, 6.07) is 1.91. The molecule has 0 aromatic carbocycles. The Labute approximate surface area is 192 Å². The summed E-state index contributed by atoms with van der Waals surface area (Å²) in [7, 11) is 1.94. The maximum Gasteiger partial charge on any atom is 0.259 e. The van der Waals surface area contributed by atoms with Crippen LogP contribution >= 0.6 is 0 Å². The maximum absolute atomic E-state index is 13.3. The second-order valence-electron chi connectivity index (χ2n) is 8.59. The molecule has 0 radical (unpaired) electrons. The van der Waals surface area contributed by atoms with Crippen LogP contribution in [-0.4, -0.2) is 76.0 Å². The Hall–Kier alpha value is -3.53. The Kier molecular flexibility index (Phi) is 5.45. The predicted molar refractivity (Wildman–Crippen MR) is 124 cm³/mol. The van der Waals surface area contributed by atoms with Crippen molar-refractivity contribution in [3.05, 3.63) is 53.4 Å². The highest BCUT2D eigenvalue weighted by Gasteiger charge is 2.26. The van der Waals surface area contributed by atoms with Crippen molar-refractivity contribution in [3.8, 4) is 11.3 Å². The number of piperazine rings is 1. The summed E-state index contributed by atoms with van der Waals surface area (Å²) in [5.74, 6) is -0.0205. The lowest BCUT2D eigenvalue weighted by Crippen LogP contribution is -2.48. The first kappa shape index (κ1) is 21.3. The van der Waals surface area contributed by atoms with Crippen LogP contribution in [0.25, 0.3) is 16.9 Å². The largest absolute Gasteiger partial charge is 0.336 e. The number of carbonyl (C=O) groups is 1. The lowest BCUT2D eigenvalue weighted by atomic mass is 10.2. The first-order chi connectivity index (χ1) is 15.9. The molecule has 0 saturated carbocycles. The highest BCUT2D eigenvalue weighted by molar-refractivity contribution is 6.00. The van der Waals surface area contributed by atoms with Crippen molar-refractivity contribution >= 4 is 11.6 Å². The minimum Gasteiger partial charge on any atom is -0.336 e. The Morgan fingerprint density at radius 1 is 1.06 bits per heavy atom. The molecule has 0 aliphatic carbocycles. The zero-order valence-corrected chi connectivity index (χ0v) is 19.6. The van der Waals surface area contributed by atoms with Crippen LogP contribution < -0.4 is 0 Å². The zero-order chi connectivity index (χ0) is 23.1. The maximum atomic E-state index is 13.3. The van der Waals surface area contributed by atoms with E-state index in [1.807, 2.05) is 47.4 Å². The lowest BCUT2D eigenvalue weighted by Gasteiger charge is -2.34. The van der Waals surface area contributed by atoms with Crippen LogP contribution in [0, 0.1) is 13.8 Å². The number of carbonyl (C=O) groups excluding carboxylic acids is 1. The number of hydrogen-bond donors (Lipinski definition) is 0. The van der Waals surface area contributed by atoms with Crippen molar-refractivity contribution in [2.75, 3.05) is 26.2 Å². The monoisotopic (exact) mass is 447 g/mol. The molecule has 1 aliphatic heterocycles. The van der Waals surface area contributed by atoms with E-state index in [-0.39, 0.29) is 5.91 Å². The van der Waals surface area contributed by atoms with Gasteiger partial charge < -0.3 is 4.90 Å². The fraction of sp³-hybridized carbons (Fsp3) is 0.435. The molecule has 1 fully saturated rings. The highest BCUT2D eigenvalue weighted by atomic mass is 16.2. The third kappa shape index (κ3) is 3.91. The van der Waals surface area contributed by atoms with Gasteiger partial charge in [0.05, 0.1) is 23.3 Å². The van der Waals surface area contributed by atoms with Gasteiger partial charge in [0.25, 0.3) is 5.91 Å². The van der Waals surface area contributed by atoms with E-state index >= 15 is 0 Å². The molecule has 10 nitrogen and oxygen atoms in total. The van der Waals surface area contributed by atoms with Crippen LogP contribution in [0.5, 0.6) is 0 Å². The van der Waals surface area contributed by atoms with Gasteiger partial charge in [0.1, 0.15) is 5.56 Å². The van der Waals surface area contributed by atoms with Crippen molar-refractivity contribution in [3.63, 3.8) is 0 Å². The molecule has 1 aliphatic rings. The minimum atomic E-state index is -0.0205. The smallest absolute Gasteiger partial charge is 0.259 e. The number of aromatic nitrogens is 7. The lowest BCUT2D eigenvalue weighted by molar-refractivity contribution is 0.0630. The van der Waals surface area contributed by atoms with Crippen molar-refractivity contribution in [1.82, 2.24) is 44.0 Å². The van der Waals surface area contributed by atoms with Gasteiger partial charge in [0.2, 0.25) is 0 Å². The molecule has 4 aromatic rings. The van der Waals surface area contributed by atoms with E-state index in [0.29, 0.717) is 24.3 Å².